The number of halogens is 3. The third kappa shape index (κ3) is 4.48. The highest BCUT2D eigenvalue weighted by atomic mass is 19.4. The lowest BCUT2D eigenvalue weighted by Gasteiger charge is -2.18. The molecule has 178 valence electrons. The standard InChI is InChI=1S/C24H23F3N4O3/c1-29-21(17-12-13-30(15-17)23(33)24(25,26)27)20(22(32)31(29)18-6-4-3-5-7-18)28-14-16-8-10-19(34-2)11-9-16/h3-11,14,17H,12-13,15H2,1-2H3/b28-14+/t17-/m0/s1. The van der Waals surface area contributed by atoms with E-state index in [2.05, 4.69) is 4.99 Å². The Morgan fingerprint density at radius 2 is 1.79 bits per heavy atom. The van der Waals surface area contributed by atoms with Crippen LogP contribution < -0.4 is 10.3 Å². The van der Waals surface area contributed by atoms with Crippen molar-refractivity contribution < 1.29 is 22.7 Å². The van der Waals surface area contributed by atoms with Crippen LogP contribution in [0.25, 0.3) is 5.69 Å². The second kappa shape index (κ2) is 9.20. The van der Waals surface area contributed by atoms with E-state index >= 15 is 0 Å². The Morgan fingerprint density at radius 3 is 2.41 bits per heavy atom. The number of amides is 1. The van der Waals surface area contributed by atoms with Crippen molar-refractivity contribution in [3.05, 3.63) is 76.2 Å². The minimum absolute atomic E-state index is 0.0463. The van der Waals surface area contributed by atoms with Gasteiger partial charge in [-0.1, -0.05) is 18.2 Å². The number of ether oxygens (including phenoxy) is 1. The van der Waals surface area contributed by atoms with Gasteiger partial charge in [0.05, 0.1) is 18.5 Å². The van der Waals surface area contributed by atoms with Crippen LogP contribution in [0, 0.1) is 0 Å². The third-order valence-corrected chi connectivity index (χ3v) is 5.85. The molecule has 1 atom stereocenters. The topological polar surface area (TPSA) is 68.8 Å². The number of hydrogen-bond donors (Lipinski definition) is 0. The first-order chi connectivity index (χ1) is 16.2. The van der Waals surface area contributed by atoms with Crippen LogP contribution in [0.2, 0.25) is 0 Å². The normalized spacial score (nSPS) is 16.4. The first-order valence-electron chi connectivity index (χ1n) is 10.6. The highest BCUT2D eigenvalue weighted by Gasteiger charge is 2.45. The molecule has 0 bridgehead atoms. The summed E-state index contributed by atoms with van der Waals surface area (Å²) in [6, 6.07) is 16.0. The number of para-hydroxylation sites is 1. The molecule has 1 aromatic heterocycles. The number of hydrogen-bond acceptors (Lipinski definition) is 4. The number of likely N-dealkylation sites (tertiary alicyclic amines) is 1. The molecule has 7 nitrogen and oxygen atoms in total. The van der Waals surface area contributed by atoms with Crippen molar-refractivity contribution in [2.75, 3.05) is 20.2 Å². The number of methoxy groups -OCH3 is 1. The third-order valence-electron chi connectivity index (χ3n) is 5.85. The summed E-state index contributed by atoms with van der Waals surface area (Å²) >= 11 is 0. The number of nitrogens with zero attached hydrogens (tertiary/aromatic N) is 4. The Morgan fingerprint density at radius 1 is 1.12 bits per heavy atom. The predicted molar refractivity (Wildman–Crippen MR) is 121 cm³/mol. The first-order valence-corrected chi connectivity index (χ1v) is 10.6. The molecule has 4 rings (SSSR count). The van der Waals surface area contributed by atoms with Crippen LogP contribution in [0.15, 0.2) is 64.4 Å². The summed E-state index contributed by atoms with van der Waals surface area (Å²) in [7, 11) is 3.23. The maximum Gasteiger partial charge on any atom is 0.471 e. The Labute approximate surface area is 193 Å². The van der Waals surface area contributed by atoms with E-state index in [1.165, 1.54) is 10.9 Å². The number of rotatable bonds is 5. The summed E-state index contributed by atoms with van der Waals surface area (Å²) in [6.07, 6.45) is -3.12. The lowest BCUT2D eigenvalue weighted by Crippen LogP contribution is -2.39. The minimum atomic E-state index is -4.94. The summed E-state index contributed by atoms with van der Waals surface area (Å²) in [4.78, 5) is 30.4. The summed E-state index contributed by atoms with van der Waals surface area (Å²) < 4.78 is 47.1. The van der Waals surface area contributed by atoms with E-state index in [-0.39, 0.29) is 18.8 Å². The molecule has 0 radical (unpaired) electrons. The van der Waals surface area contributed by atoms with Crippen LogP contribution in [-0.4, -0.2) is 52.8 Å². The van der Waals surface area contributed by atoms with Crippen molar-refractivity contribution in [3.8, 4) is 11.4 Å². The summed E-state index contributed by atoms with van der Waals surface area (Å²) in [6.45, 7) is -0.190. The van der Waals surface area contributed by atoms with Gasteiger partial charge in [-0.05, 0) is 48.4 Å². The molecule has 0 spiro atoms. The lowest BCUT2D eigenvalue weighted by molar-refractivity contribution is -0.184. The Bertz CT molecular complexity index is 1260. The monoisotopic (exact) mass is 472 g/mol. The number of carbonyl (C=O) groups is 1. The number of aliphatic imine (C=N–C) groups is 1. The van der Waals surface area contributed by atoms with E-state index in [4.69, 9.17) is 4.74 Å². The van der Waals surface area contributed by atoms with E-state index in [1.54, 1.807) is 67.4 Å². The van der Waals surface area contributed by atoms with Crippen molar-refractivity contribution in [1.29, 1.82) is 0 Å². The van der Waals surface area contributed by atoms with Crippen molar-refractivity contribution in [2.45, 2.75) is 18.5 Å². The van der Waals surface area contributed by atoms with Gasteiger partial charge in [-0.3, -0.25) is 14.3 Å². The van der Waals surface area contributed by atoms with Gasteiger partial charge in [0.2, 0.25) is 0 Å². The Kier molecular flexibility index (Phi) is 6.32. The average molecular weight is 472 g/mol. The van der Waals surface area contributed by atoms with E-state index < -0.39 is 23.6 Å². The molecule has 0 aliphatic carbocycles. The van der Waals surface area contributed by atoms with Crippen molar-refractivity contribution in [2.24, 2.45) is 12.0 Å². The van der Waals surface area contributed by atoms with Crippen molar-refractivity contribution >= 4 is 17.8 Å². The van der Waals surface area contributed by atoms with E-state index in [9.17, 15) is 22.8 Å². The molecule has 2 aromatic carbocycles. The fourth-order valence-corrected chi connectivity index (χ4v) is 4.22. The molecule has 1 aliphatic heterocycles. The van der Waals surface area contributed by atoms with E-state index in [0.717, 1.165) is 10.5 Å². The zero-order chi connectivity index (χ0) is 24.5. The molecule has 3 aromatic rings. The van der Waals surface area contributed by atoms with Gasteiger partial charge in [0.1, 0.15) is 5.75 Å². The Balaban J connectivity index is 1.76. The second-order valence-electron chi connectivity index (χ2n) is 7.98. The van der Waals surface area contributed by atoms with Crippen LogP contribution in [0.5, 0.6) is 5.75 Å². The Hall–Kier alpha value is -3.82. The number of alkyl halides is 3. The van der Waals surface area contributed by atoms with Crippen molar-refractivity contribution in [1.82, 2.24) is 14.3 Å². The molecule has 0 unspecified atom stereocenters. The zero-order valence-electron chi connectivity index (χ0n) is 18.6. The van der Waals surface area contributed by atoms with E-state index in [0.29, 0.717) is 23.6 Å². The van der Waals surface area contributed by atoms with Gasteiger partial charge in [0.15, 0.2) is 5.69 Å². The molecular formula is C24H23F3N4O3. The maximum absolute atomic E-state index is 13.4. The van der Waals surface area contributed by atoms with Gasteiger partial charge < -0.3 is 9.64 Å². The molecule has 34 heavy (non-hydrogen) atoms. The average Bonchev–Trinajstić information content (AvgIpc) is 3.39. The van der Waals surface area contributed by atoms with Crippen LogP contribution >= 0.6 is 0 Å². The molecule has 1 amide bonds. The highest BCUT2D eigenvalue weighted by Crippen LogP contribution is 2.34. The summed E-state index contributed by atoms with van der Waals surface area (Å²) in [5.74, 6) is -1.67. The number of aromatic nitrogens is 2. The number of carbonyl (C=O) groups excluding carboxylic acids is 1. The van der Waals surface area contributed by atoms with Gasteiger partial charge in [0, 0.05) is 32.3 Å². The van der Waals surface area contributed by atoms with Crippen LogP contribution in [0.3, 0.4) is 0 Å². The largest absolute Gasteiger partial charge is 0.497 e. The van der Waals surface area contributed by atoms with Gasteiger partial charge in [-0.2, -0.15) is 13.2 Å². The first kappa shape index (κ1) is 23.3. The smallest absolute Gasteiger partial charge is 0.471 e. The van der Waals surface area contributed by atoms with Gasteiger partial charge >= 0.3 is 12.1 Å². The molecular weight excluding hydrogens is 449 g/mol. The van der Waals surface area contributed by atoms with E-state index in [1.807, 2.05) is 6.07 Å². The second-order valence-corrected chi connectivity index (χ2v) is 7.98. The molecule has 1 saturated heterocycles. The molecule has 0 N–H and O–H groups in total. The molecule has 10 heteroatoms. The van der Waals surface area contributed by atoms with Gasteiger partial charge in [-0.25, -0.2) is 9.67 Å². The van der Waals surface area contributed by atoms with Crippen LogP contribution in [0.4, 0.5) is 18.9 Å². The lowest BCUT2D eigenvalue weighted by atomic mass is 10.0. The van der Waals surface area contributed by atoms with Crippen molar-refractivity contribution in [3.63, 3.8) is 0 Å². The number of benzene rings is 2. The molecule has 2 heterocycles. The summed E-state index contributed by atoms with van der Waals surface area (Å²) in [5.41, 5.74) is 1.54. The SMILES string of the molecule is COc1ccc(/C=N/c2c([C@H]3CCN(C(=O)C(F)(F)F)C3)n(C)n(-c3ccccc3)c2=O)cc1. The minimum Gasteiger partial charge on any atom is -0.497 e. The maximum atomic E-state index is 13.4. The van der Waals surface area contributed by atoms with Crippen LogP contribution in [-0.2, 0) is 11.8 Å². The molecule has 1 fully saturated rings. The van der Waals surface area contributed by atoms with Crippen LogP contribution in [0.1, 0.15) is 23.6 Å². The van der Waals surface area contributed by atoms with Gasteiger partial charge in [-0.15, -0.1) is 0 Å². The fraction of sp³-hybridized carbons (Fsp3) is 0.292. The molecule has 1 aliphatic rings. The van der Waals surface area contributed by atoms with Gasteiger partial charge in [0.25, 0.3) is 5.56 Å². The zero-order valence-corrected chi connectivity index (χ0v) is 18.6. The predicted octanol–water partition coefficient (Wildman–Crippen LogP) is 3.81. The quantitative estimate of drug-likeness (QED) is 0.531. The highest BCUT2D eigenvalue weighted by molar-refractivity contribution is 5.83. The summed E-state index contributed by atoms with van der Waals surface area (Å²) in [5, 5.41) is 0. The fourth-order valence-electron chi connectivity index (χ4n) is 4.22. The molecule has 0 saturated carbocycles.